The lowest BCUT2D eigenvalue weighted by molar-refractivity contribution is -0.178. The minimum Gasteiger partial charge on any atom is -0.390 e. The molecule has 1 aromatic heterocycles. The number of carbonyl (C=O) groups excluding carboxylic acids is 2. The molecule has 9 heteroatoms. The first kappa shape index (κ1) is 18.3. The Morgan fingerprint density at radius 2 is 1.89 bits per heavy atom. The lowest BCUT2D eigenvalue weighted by Crippen LogP contribution is -2.61. The maximum atomic E-state index is 13.0. The van der Waals surface area contributed by atoms with Crippen molar-refractivity contribution < 1.29 is 19.4 Å². The highest BCUT2D eigenvalue weighted by Crippen LogP contribution is 2.61. The fourth-order valence-corrected chi connectivity index (χ4v) is 6.92. The van der Waals surface area contributed by atoms with Crippen LogP contribution >= 0.6 is 11.3 Å². The Morgan fingerprint density at radius 1 is 1.18 bits per heavy atom. The van der Waals surface area contributed by atoms with Gasteiger partial charge in [0, 0.05) is 18.5 Å². The lowest BCUT2D eigenvalue weighted by atomic mass is 9.47. The number of aromatic nitrogens is 1. The zero-order valence-electron chi connectivity index (χ0n) is 15.8. The number of hydrogen-bond acceptors (Lipinski definition) is 7. The highest BCUT2D eigenvalue weighted by molar-refractivity contribution is 7.13. The fraction of sp³-hybridized carbons (Fsp3) is 0.737. The van der Waals surface area contributed by atoms with Crippen LogP contribution in [0.15, 0.2) is 5.38 Å². The van der Waals surface area contributed by atoms with E-state index < -0.39 is 16.9 Å². The smallest absolute Gasteiger partial charge is 0.289 e. The van der Waals surface area contributed by atoms with Gasteiger partial charge in [-0.1, -0.05) is 0 Å². The van der Waals surface area contributed by atoms with E-state index in [2.05, 4.69) is 20.7 Å². The quantitative estimate of drug-likeness (QED) is 0.649. The number of morpholine rings is 1. The van der Waals surface area contributed by atoms with E-state index in [1.807, 2.05) is 0 Å². The molecular weight excluding hydrogens is 380 g/mol. The second-order valence-electron chi connectivity index (χ2n) is 8.99. The van der Waals surface area contributed by atoms with Crippen LogP contribution in [0, 0.1) is 17.3 Å². The number of nitrogens with one attached hydrogen (secondary N) is 2. The Labute approximate surface area is 167 Å². The highest BCUT2D eigenvalue weighted by atomic mass is 32.1. The van der Waals surface area contributed by atoms with Gasteiger partial charge in [-0.2, -0.15) is 0 Å². The van der Waals surface area contributed by atoms with Gasteiger partial charge in [-0.3, -0.25) is 20.4 Å². The molecule has 152 valence electrons. The molecular formula is C19H26N4O4S. The Kier molecular flexibility index (Phi) is 4.37. The Bertz CT molecular complexity index is 777. The topological polar surface area (TPSA) is 104 Å². The number of nitrogens with zero attached hydrogens (tertiary/aromatic N) is 2. The van der Waals surface area contributed by atoms with Crippen LogP contribution < -0.4 is 15.8 Å². The van der Waals surface area contributed by atoms with Crippen LogP contribution in [0.25, 0.3) is 0 Å². The van der Waals surface area contributed by atoms with Gasteiger partial charge in [0.15, 0.2) is 5.13 Å². The van der Waals surface area contributed by atoms with E-state index in [4.69, 9.17) is 4.74 Å². The summed E-state index contributed by atoms with van der Waals surface area (Å²) < 4.78 is 5.34. The summed E-state index contributed by atoms with van der Waals surface area (Å²) in [7, 11) is 0. The number of carbonyl (C=O) groups is 2. The second-order valence-corrected chi connectivity index (χ2v) is 9.83. The van der Waals surface area contributed by atoms with Crippen molar-refractivity contribution in [2.45, 2.75) is 44.1 Å². The van der Waals surface area contributed by atoms with Gasteiger partial charge in [0.2, 0.25) is 5.91 Å². The molecule has 0 spiro atoms. The van der Waals surface area contributed by atoms with Crippen molar-refractivity contribution in [1.82, 2.24) is 15.8 Å². The zero-order chi connectivity index (χ0) is 19.4. The van der Waals surface area contributed by atoms with E-state index in [1.54, 1.807) is 5.38 Å². The van der Waals surface area contributed by atoms with Crippen LogP contribution in [-0.4, -0.2) is 53.8 Å². The molecule has 4 bridgehead atoms. The number of aliphatic hydroxyl groups is 1. The number of thiazole rings is 1. The van der Waals surface area contributed by atoms with Crippen molar-refractivity contribution in [3.8, 4) is 0 Å². The maximum Gasteiger partial charge on any atom is 0.289 e. The Balaban J connectivity index is 1.21. The maximum absolute atomic E-state index is 13.0. The molecule has 5 fully saturated rings. The van der Waals surface area contributed by atoms with E-state index in [0.717, 1.165) is 50.3 Å². The molecule has 0 radical (unpaired) electrons. The number of ether oxygens (including phenoxy) is 1. The molecule has 1 saturated heterocycles. The summed E-state index contributed by atoms with van der Waals surface area (Å²) in [5.74, 6) is 0.259. The van der Waals surface area contributed by atoms with Crippen molar-refractivity contribution in [3.63, 3.8) is 0 Å². The van der Waals surface area contributed by atoms with E-state index in [9.17, 15) is 14.7 Å². The molecule has 0 unspecified atom stereocenters. The number of rotatable bonds is 3. The average Bonchev–Trinajstić information content (AvgIpc) is 3.15. The Hall–Kier alpha value is -1.71. The van der Waals surface area contributed by atoms with Crippen LogP contribution in [-0.2, 0) is 9.53 Å². The van der Waals surface area contributed by atoms with Crippen molar-refractivity contribution in [2.24, 2.45) is 17.3 Å². The second kappa shape index (κ2) is 6.67. The molecule has 1 aliphatic heterocycles. The van der Waals surface area contributed by atoms with Gasteiger partial charge in [-0.25, -0.2) is 4.98 Å². The van der Waals surface area contributed by atoms with Crippen molar-refractivity contribution in [3.05, 3.63) is 11.1 Å². The molecule has 3 N–H and O–H groups in total. The van der Waals surface area contributed by atoms with E-state index >= 15 is 0 Å². The molecule has 8 nitrogen and oxygen atoms in total. The van der Waals surface area contributed by atoms with Crippen molar-refractivity contribution in [2.75, 3.05) is 31.2 Å². The van der Waals surface area contributed by atoms with Crippen LogP contribution in [0.1, 0.15) is 49.0 Å². The first-order valence-corrected chi connectivity index (χ1v) is 10.9. The van der Waals surface area contributed by atoms with Crippen molar-refractivity contribution >= 4 is 28.3 Å². The molecule has 2 amide bonds. The lowest BCUT2D eigenvalue weighted by Gasteiger charge is -2.59. The predicted octanol–water partition coefficient (Wildman–Crippen LogP) is 1.07. The first-order chi connectivity index (χ1) is 13.4. The van der Waals surface area contributed by atoms with Crippen molar-refractivity contribution in [1.29, 1.82) is 0 Å². The molecule has 4 saturated carbocycles. The van der Waals surface area contributed by atoms with E-state index in [-0.39, 0.29) is 5.91 Å². The van der Waals surface area contributed by atoms with Gasteiger partial charge in [0.05, 0.1) is 24.2 Å². The summed E-state index contributed by atoms with van der Waals surface area (Å²) in [5, 5.41) is 13.3. The van der Waals surface area contributed by atoms with Gasteiger partial charge in [0.1, 0.15) is 5.69 Å². The summed E-state index contributed by atoms with van der Waals surface area (Å²) >= 11 is 1.42. The van der Waals surface area contributed by atoms with E-state index in [1.165, 1.54) is 11.3 Å². The fourth-order valence-electron chi connectivity index (χ4n) is 6.06. The standard InChI is InChI=1S/C19H26N4O4S/c24-15(14-10-28-17(20-14)23-1-3-27-4-2-23)21-22-16(25)18-6-12-5-13(7-18)9-19(26,8-12)11-18/h10,12-13,26H,1-9,11H2,(H,21,24)(H,22,25)/t12-,13-,18?,19?/m1/s1. The van der Waals surface area contributed by atoms with Gasteiger partial charge >= 0.3 is 0 Å². The first-order valence-electron chi connectivity index (χ1n) is 10.1. The molecule has 1 aromatic rings. The van der Waals surface area contributed by atoms with Crippen LogP contribution in [0.4, 0.5) is 5.13 Å². The number of amides is 2. The average molecular weight is 407 g/mol. The minimum absolute atomic E-state index is 0.169. The predicted molar refractivity (Wildman–Crippen MR) is 103 cm³/mol. The largest absolute Gasteiger partial charge is 0.390 e. The molecule has 4 aliphatic carbocycles. The molecule has 0 aromatic carbocycles. The third-order valence-corrected chi connectivity index (χ3v) is 7.71. The highest BCUT2D eigenvalue weighted by Gasteiger charge is 2.60. The third-order valence-electron chi connectivity index (χ3n) is 6.81. The number of anilines is 1. The monoisotopic (exact) mass is 406 g/mol. The minimum atomic E-state index is -0.701. The van der Waals surface area contributed by atoms with Crippen LogP contribution in [0.3, 0.4) is 0 Å². The van der Waals surface area contributed by atoms with E-state index in [0.29, 0.717) is 37.2 Å². The summed E-state index contributed by atoms with van der Waals surface area (Å²) in [5.41, 5.74) is 4.21. The van der Waals surface area contributed by atoms with Gasteiger partial charge in [-0.05, 0) is 50.4 Å². The third kappa shape index (κ3) is 3.19. The molecule has 2 heterocycles. The Morgan fingerprint density at radius 3 is 2.57 bits per heavy atom. The molecule has 28 heavy (non-hydrogen) atoms. The molecule has 2 atom stereocenters. The summed E-state index contributed by atoms with van der Waals surface area (Å²) in [6.45, 7) is 2.85. The van der Waals surface area contributed by atoms with Crippen LogP contribution in [0.2, 0.25) is 0 Å². The van der Waals surface area contributed by atoms with Gasteiger partial charge < -0.3 is 14.7 Å². The van der Waals surface area contributed by atoms with Gasteiger partial charge in [-0.15, -0.1) is 11.3 Å². The SMILES string of the molecule is O=C(NNC(=O)C12C[C@H]3C[C@@H](CC(O)(C3)C1)C2)c1csc(N2CCOCC2)n1. The molecule has 6 rings (SSSR count). The van der Waals surface area contributed by atoms with Crippen LogP contribution in [0.5, 0.6) is 0 Å². The zero-order valence-corrected chi connectivity index (χ0v) is 16.6. The summed E-state index contributed by atoms with van der Waals surface area (Å²) in [6.07, 6.45) is 4.87. The normalized spacial score (nSPS) is 36.4. The van der Waals surface area contributed by atoms with Gasteiger partial charge in [0.25, 0.3) is 5.91 Å². The number of hydrogen-bond donors (Lipinski definition) is 3. The molecule has 5 aliphatic rings. The summed E-state index contributed by atoms with van der Waals surface area (Å²) in [6, 6.07) is 0. The summed E-state index contributed by atoms with van der Waals surface area (Å²) in [4.78, 5) is 31.9. The number of hydrazine groups is 1.